The van der Waals surface area contributed by atoms with Gasteiger partial charge in [0, 0.05) is 29.9 Å². The van der Waals surface area contributed by atoms with E-state index in [4.69, 9.17) is 0 Å². The van der Waals surface area contributed by atoms with Gasteiger partial charge in [0.1, 0.15) is 0 Å². The second kappa shape index (κ2) is 9.16. The van der Waals surface area contributed by atoms with Crippen molar-refractivity contribution in [2.75, 3.05) is 19.6 Å². The third kappa shape index (κ3) is 6.41. The zero-order valence-corrected chi connectivity index (χ0v) is 12.8. The van der Waals surface area contributed by atoms with E-state index in [9.17, 15) is 0 Å². The molecule has 0 saturated heterocycles. The zero-order valence-electron chi connectivity index (χ0n) is 10.8. The predicted molar refractivity (Wildman–Crippen MR) is 80.5 cm³/mol. The van der Waals surface area contributed by atoms with Crippen molar-refractivity contribution in [1.82, 2.24) is 10.6 Å². The normalized spacial score (nSPS) is 10.6. The summed E-state index contributed by atoms with van der Waals surface area (Å²) in [5.74, 6) is 0. The Bertz CT molecular complexity index is 309. The lowest BCUT2D eigenvalue weighted by Crippen LogP contribution is -2.27. The van der Waals surface area contributed by atoms with Crippen molar-refractivity contribution >= 4 is 16.3 Å². The minimum Gasteiger partial charge on any atom is -0.315 e. The molecule has 0 bridgehead atoms. The molecular formula is C14H24N2Si. The predicted octanol–water partition coefficient (Wildman–Crippen LogP) is 1.18. The molecule has 1 rings (SSSR count). The number of hydrogen-bond donors (Lipinski definition) is 2. The Balaban J connectivity index is 2.07. The number of hydrogen-bond acceptors (Lipinski definition) is 2. The molecule has 0 aliphatic rings. The highest BCUT2D eigenvalue weighted by atomic mass is 28.1. The topological polar surface area (TPSA) is 24.1 Å². The summed E-state index contributed by atoms with van der Waals surface area (Å²) in [5.41, 5.74) is 2.51. The molecule has 0 radical (unpaired) electrons. The minimum absolute atomic E-state index is 0.944. The first-order valence-electron chi connectivity index (χ1n) is 6.49. The average Bonchev–Trinajstić information content (AvgIpc) is 2.38. The van der Waals surface area contributed by atoms with Crippen LogP contribution in [0.15, 0.2) is 30.8 Å². The monoisotopic (exact) mass is 248 g/mol. The first-order valence-corrected chi connectivity index (χ1v) is 7.91. The molecule has 2 nitrogen and oxygen atoms in total. The van der Waals surface area contributed by atoms with Gasteiger partial charge in [0.2, 0.25) is 0 Å². The third-order valence-corrected chi connectivity index (χ3v) is 3.44. The maximum absolute atomic E-state index is 3.75. The second-order valence-corrected chi connectivity index (χ2v) is 5.23. The van der Waals surface area contributed by atoms with Crippen LogP contribution >= 0.6 is 0 Å². The van der Waals surface area contributed by atoms with Gasteiger partial charge in [0.25, 0.3) is 0 Å². The quantitative estimate of drug-likeness (QED) is 0.507. The zero-order chi connectivity index (χ0) is 12.3. The summed E-state index contributed by atoms with van der Waals surface area (Å²) >= 11 is 0. The maximum Gasteiger partial charge on any atom is 0.0206 e. The molecule has 0 heterocycles. The molecule has 0 saturated carbocycles. The van der Waals surface area contributed by atoms with E-state index < -0.39 is 0 Å². The van der Waals surface area contributed by atoms with Gasteiger partial charge in [0.15, 0.2) is 0 Å². The molecule has 0 aliphatic carbocycles. The number of benzene rings is 1. The molecule has 3 heteroatoms. The molecule has 2 N–H and O–H groups in total. The van der Waals surface area contributed by atoms with Crippen molar-refractivity contribution in [2.45, 2.75) is 19.0 Å². The van der Waals surface area contributed by atoms with Gasteiger partial charge >= 0.3 is 0 Å². The molecule has 0 unspecified atom stereocenters. The van der Waals surface area contributed by atoms with Crippen molar-refractivity contribution in [3.63, 3.8) is 0 Å². The molecular weight excluding hydrogens is 224 g/mol. The van der Waals surface area contributed by atoms with E-state index in [1.54, 1.807) is 0 Å². The minimum atomic E-state index is 0.944. The fourth-order valence-electron chi connectivity index (χ4n) is 1.61. The van der Waals surface area contributed by atoms with Crippen molar-refractivity contribution in [3.8, 4) is 0 Å². The van der Waals surface area contributed by atoms with E-state index in [1.807, 2.05) is 6.08 Å². The van der Waals surface area contributed by atoms with Crippen molar-refractivity contribution < 1.29 is 0 Å². The molecule has 0 fully saturated rings. The molecule has 1 aromatic rings. The fourth-order valence-corrected chi connectivity index (χ4v) is 1.96. The fraction of sp³-hybridized carbons (Fsp3) is 0.429. The van der Waals surface area contributed by atoms with E-state index in [0.717, 1.165) is 19.6 Å². The molecule has 17 heavy (non-hydrogen) atoms. The standard InChI is InChI=1S/C14H24N2Si/c1-2-13-4-6-14(7-5-13)12-16-10-9-15-8-3-11-17/h2,4-7,15-16H,1,3,8-12H2,17H3. The lowest BCUT2D eigenvalue weighted by molar-refractivity contribution is 0.606. The van der Waals surface area contributed by atoms with E-state index in [-0.39, 0.29) is 0 Å². The van der Waals surface area contributed by atoms with Crippen LogP contribution in [0.3, 0.4) is 0 Å². The highest BCUT2D eigenvalue weighted by Crippen LogP contribution is 2.04. The molecule has 94 valence electrons. The van der Waals surface area contributed by atoms with Crippen LogP contribution in [0.25, 0.3) is 6.08 Å². The Morgan fingerprint density at radius 1 is 1.06 bits per heavy atom. The van der Waals surface area contributed by atoms with Crippen LogP contribution in [0.1, 0.15) is 17.5 Å². The second-order valence-electron chi connectivity index (χ2n) is 4.23. The van der Waals surface area contributed by atoms with E-state index in [0.29, 0.717) is 0 Å². The maximum atomic E-state index is 3.75. The summed E-state index contributed by atoms with van der Waals surface area (Å²) < 4.78 is 0. The Hall–Kier alpha value is -0.903. The van der Waals surface area contributed by atoms with Crippen LogP contribution in [0.5, 0.6) is 0 Å². The van der Waals surface area contributed by atoms with Gasteiger partial charge in [-0.05, 0) is 24.1 Å². The Morgan fingerprint density at radius 3 is 2.41 bits per heavy atom. The van der Waals surface area contributed by atoms with Gasteiger partial charge < -0.3 is 10.6 Å². The largest absolute Gasteiger partial charge is 0.315 e. The summed E-state index contributed by atoms with van der Waals surface area (Å²) in [7, 11) is 1.33. The summed E-state index contributed by atoms with van der Waals surface area (Å²) in [5, 5.41) is 6.87. The van der Waals surface area contributed by atoms with E-state index in [2.05, 4.69) is 41.5 Å². The van der Waals surface area contributed by atoms with Crippen LogP contribution < -0.4 is 10.6 Å². The smallest absolute Gasteiger partial charge is 0.0206 e. The Labute approximate surface area is 108 Å². The van der Waals surface area contributed by atoms with Crippen LogP contribution in [0.2, 0.25) is 6.04 Å². The summed E-state index contributed by atoms with van der Waals surface area (Å²) in [6.07, 6.45) is 3.20. The molecule has 0 aliphatic heterocycles. The molecule has 0 aromatic heterocycles. The van der Waals surface area contributed by atoms with Crippen LogP contribution in [-0.4, -0.2) is 29.9 Å². The van der Waals surface area contributed by atoms with Gasteiger partial charge in [-0.15, -0.1) is 0 Å². The Kier molecular flexibility index (Phi) is 7.63. The number of nitrogens with one attached hydrogen (secondary N) is 2. The lowest BCUT2D eigenvalue weighted by atomic mass is 10.1. The van der Waals surface area contributed by atoms with Gasteiger partial charge in [-0.1, -0.05) is 43.0 Å². The molecule has 1 aromatic carbocycles. The molecule has 0 spiro atoms. The van der Waals surface area contributed by atoms with Gasteiger partial charge in [-0.3, -0.25) is 0 Å². The first-order chi connectivity index (χ1) is 8.36. The third-order valence-electron chi connectivity index (χ3n) is 2.73. The van der Waals surface area contributed by atoms with Gasteiger partial charge in [-0.25, -0.2) is 0 Å². The van der Waals surface area contributed by atoms with Crippen molar-refractivity contribution in [1.29, 1.82) is 0 Å². The van der Waals surface area contributed by atoms with Crippen LogP contribution in [0.4, 0.5) is 0 Å². The summed E-state index contributed by atoms with van der Waals surface area (Å²) in [6, 6.07) is 9.91. The van der Waals surface area contributed by atoms with Crippen LogP contribution in [-0.2, 0) is 6.54 Å². The van der Waals surface area contributed by atoms with Crippen molar-refractivity contribution in [2.24, 2.45) is 0 Å². The molecule has 0 atom stereocenters. The lowest BCUT2D eigenvalue weighted by Gasteiger charge is -2.06. The number of rotatable bonds is 9. The van der Waals surface area contributed by atoms with Crippen LogP contribution in [0, 0.1) is 0 Å². The SMILES string of the molecule is C=Cc1ccc(CNCCNCCC[SiH3])cc1. The van der Waals surface area contributed by atoms with E-state index in [1.165, 1.54) is 40.4 Å². The Morgan fingerprint density at radius 2 is 1.76 bits per heavy atom. The van der Waals surface area contributed by atoms with Gasteiger partial charge in [-0.2, -0.15) is 0 Å². The first kappa shape index (κ1) is 14.2. The summed E-state index contributed by atoms with van der Waals surface area (Å²) in [6.45, 7) is 7.95. The van der Waals surface area contributed by atoms with Gasteiger partial charge in [0.05, 0.1) is 0 Å². The average molecular weight is 248 g/mol. The van der Waals surface area contributed by atoms with E-state index >= 15 is 0 Å². The molecule has 0 amide bonds. The van der Waals surface area contributed by atoms with Crippen molar-refractivity contribution in [3.05, 3.63) is 42.0 Å². The summed E-state index contributed by atoms with van der Waals surface area (Å²) in [4.78, 5) is 0. The highest BCUT2D eigenvalue weighted by molar-refractivity contribution is 6.08. The highest BCUT2D eigenvalue weighted by Gasteiger charge is 1.92.